The maximum absolute atomic E-state index is 12.4. The third kappa shape index (κ3) is 3.91. The molecule has 0 saturated carbocycles. The standard InChI is InChI=1S/C18H19N3O3S2/c1-3-10-21-17(16-9-11-24-14(16)2)19-20-18(21)25-12-13-26(22,23)15-7-5-4-6-8-15/h3-9,11H,1,10,12-13H2,2H3. The van der Waals surface area contributed by atoms with Crippen LogP contribution < -0.4 is 0 Å². The van der Waals surface area contributed by atoms with Crippen LogP contribution in [-0.2, 0) is 16.4 Å². The van der Waals surface area contributed by atoms with Crippen molar-refractivity contribution in [3.05, 3.63) is 61.1 Å². The monoisotopic (exact) mass is 389 g/mol. The minimum absolute atomic E-state index is 0.0305. The summed E-state index contributed by atoms with van der Waals surface area (Å²) in [4.78, 5) is 0.336. The predicted octanol–water partition coefficient (Wildman–Crippen LogP) is 3.60. The second-order valence-electron chi connectivity index (χ2n) is 5.58. The van der Waals surface area contributed by atoms with Crippen LogP contribution in [0.1, 0.15) is 5.76 Å². The number of sulfone groups is 1. The van der Waals surface area contributed by atoms with Crippen LogP contribution in [0.3, 0.4) is 0 Å². The van der Waals surface area contributed by atoms with Crippen LogP contribution in [0.15, 0.2) is 69.8 Å². The second-order valence-corrected chi connectivity index (χ2v) is 8.75. The van der Waals surface area contributed by atoms with Gasteiger partial charge in [-0.2, -0.15) is 0 Å². The zero-order chi connectivity index (χ0) is 18.6. The number of furan rings is 1. The van der Waals surface area contributed by atoms with Crippen LogP contribution >= 0.6 is 11.8 Å². The summed E-state index contributed by atoms with van der Waals surface area (Å²) in [5.74, 6) is 1.86. The Morgan fingerprint density at radius 3 is 2.65 bits per heavy atom. The third-order valence-electron chi connectivity index (χ3n) is 3.81. The molecule has 0 atom stereocenters. The lowest BCUT2D eigenvalue weighted by Gasteiger charge is -2.07. The molecule has 0 amide bonds. The molecule has 2 heterocycles. The van der Waals surface area contributed by atoms with E-state index in [4.69, 9.17) is 4.42 Å². The normalized spacial score (nSPS) is 11.6. The van der Waals surface area contributed by atoms with Gasteiger partial charge in [-0.05, 0) is 25.1 Å². The third-order valence-corrected chi connectivity index (χ3v) is 6.77. The Hall–Kier alpha value is -2.32. The summed E-state index contributed by atoms with van der Waals surface area (Å²) in [6.07, 6.45) is 3.36. The minimum Gasteiger partial charge on any atom is -0.469 e. The summed E-state index contributed by atoms with van der Waals surface area (Å²) < 4.78 is 32.0. The van der Waals surface area contributed by atoms with E-state index in [-0.39, 0.29) is 5.75 Å². The van der Waals surface area contributed by atoms with E-state index in [1.54, 1.807) is 42.7 Å². The Morgan fingerprint density at radius 2 is 2.00 bits per heavy atom. The van der Waals surface area contributed by atoms with Crippen molar-refractivity contribution in [3.8, 4) is 11.4 Å². The van der Waals surface area contributed by atoms with E-state index in [1.807, 2.05) is 17.6 Å². The average molecular weight is 390 g/mol. The first-order valence-corrected chi connectivity index (χ1v) is 10.7. The first kappa shape index (κ1) is 18.5. The van der Waals surface area contributed by atoms with Gasteiger partial charge in [0, 0.05) is 12.3 Å². The Labute approximate surface area is 156 Å². The molecule has 0 unspecified atom stereocenters. The molecule has 26 heavy (non-hydrogen) atoms. The van der Waals surface area contributed by atoms with Crippen LogP contribution in [0.25, 0.3) is 11.4 Å². The van der Waals surface area contributed by atoms with E-state index < -0.39 is 9.84 Å². The Bertz CT molecular complexity index is 992. The lowest BCUT2D eigenvalue weighted by atomic mass is 10.2. The van der Waals surface area contributed by atoms with E-state index in [2.05, 4.69) is 16.8 Å². The quantitative estimate of drug-likeness (QED) is 0.433. The molecule has 0 N–H and O–H groups in total. The molecule has 0 radical (unpaired) electrons. The molecular weight excluding hydrogens is 370 g/mol. The first-order chi connectivity index (χ1) is 12.5. The largest absolute Gasteiger partial charge is 0.469 e. The molecule has 136 valence electrons. The van der Waals surface area contributed by atoms with Gasteiger partial charge < -0.3 is 4.42 Å². The molecule has 6 nitrogen and oxygen atoms in total. The zero-order valence-corrected chi connectivity index (χ0v) is 16.0. The van der Waals surface area contributed by atoms with Gasteiger partial charge in [-0.3, -0.25) is 4.57 Å². The van der Waals surface area contributed by atoms with Gasteiger partial charge in [0.1, 0.15) is 5.76 Å². The molecule has 0 fully saturated rings. The van der Waals surface area contributed by atoms with Crippen molar-refractivity contribution in [2.45, 2.75) is 23.5 Å². The fourth-order valence-corrected chi connectivity index (χ4v) is 5.11. The number of benzene rings is 1. The molecule has 0 aliphatic heterocycles. The number of allylic oxidation sites excluding steroid dienone is 1. The maximum atomic E-state index is 12.4. The molecule has 8 heteroatoms. The number of hydrogen-bond acceptors (Lipinski definition) is 6. The Morgan fingerprint density at radius 1 is 1.23 bits per heavy atom. The number of hydrogen-bond donors (Lipinski definition) is 0. The second kappa shape index (κ2) is 7.92. The fraction of sp³-hybridized carbons (Fsp3) is 0.222. The molecule has 1 aromatic carbocycles. The van der Waals surface area contributed by atoms with E-state index in [1.165, 1.54) is 11.8 Å². The Kier molecular flexibility index (Phi) is 5.63. The van der Waals surface area contributed by atoms with Crippen LogP contribution in [-0.4, -0.2) is 34.7 Å². The number of aryl methyl sites for hydroxylation is 1. The van der Waals surface area contributed by atoms with Gasteiger partial charge in [-0.1, -0.05) is 36.0 Å². The van der Waals surface area contributed by atoms with E-state index in [0.29, 0.717) is 28.2 Å². The van der Waals surface area contributed by atoms with Gasteiger partial charge in [-0.15, -0.1) is 16.8 Å². The summed E-state index contributed by atoms with van der Waals surface area (Å²) in [5.41, 5.74) is 0.864. The van der Waals surface area contributed by atoms with Crippen molar-refractivity contribution in [2.75, 3.05) is 11.5 Å². The highest BCUT2D eigenvalue weighted by molar-refractivity contribution is 8.00. The molecule has 0 spiro atoms. The van der Waals surface area contributed by atoms with Crippen molar-refractivity contribution in [1.29, 1.82) is 0 Å². The molecule has 3 aromatic rings. The predicted molar refractivity (Wildman–Crippen MR) is 102 cm³/mol. The maximum Gasteiger partial charge on any atom is 0.191 e. The van der Waals surface area contributed by atoms with Crippen LogP contribution in [0.4, 0.5) is 0 Å². The topological polar surface area (TPSA) is 78.0 Å². The molecule has 2 aromatic heterocycles. The molecular formula is C18H19N3O3S2. The highest BCUT2D eigenvalue weighted by Gasteiger charge is 2.18. The van der Waals surface area contributed by atoms with Gasteiger partial charge in [-0.25, -0.2) is 8.42 Å². The molecule has 0 bridgehead atoms. The molecule has 0 aliphatic rings. The van der Waals surface area contributed by atoms with Crippen LogP contribution in [0, 0.1) is 6.92 Å². The fourth-order valence-electron chi connectivity index (χ4n) is 2.49. The highest BCUT2D eigenvalue weighted by atomic mass is 32.2. The van der Waals surface area contributed by atoms with Crippen molar-refractivity contribution in [1.82, 2.24) is 14.8 Å². The van der Waals surface area contributed by atoms with Gasteiger partial charge >= 0.3 is 0 Å². The lowest BCUT2D eigenvalue weighted by molar-refractivity contribution is 0.534. The average Bonchev–Trinajstić information content (AvgIpc) is 3.22. The SMILES string of the molecule is C=CCn1c(SCCS(=O)(=O)c2ccccc2)nnc1-c1ccoc1C. The van der Waals surface area contributed by atoms with Crippen molar-refractivity contribution in [3.63, 3.8) is 0 Å². The Balaban J connectivity index is 1.75. The van der Waals surface area contributed by atoms with Crippen LogP contribution in [0.2, 0.25) is 0 Å². The highest BCUT2D eigenvalue weighted by Crippen LogP contribution is 2.27. The summed E-state index contributed by atoms with van der Waals surface area (Å²) in [6.45, 7) is 6.17. The van der Waals surface area contributed by atoms with E-state index in [0.717, 1.165) is 11.3 Å². The summed E-state index contributed by atoms with van der Waals surface area (Å²) >= 11 is 1.36. The summed E-state index contributed by atoms with van der Waals surface area (Å²) in [5, 5.41) is 9.12. The zero-order valence-electron chi connectivity index (χ0n) is 14.3. The molecule has 0 aliphatic carbocycles. The number of nitrogens with zero attached hydrogens (tertiary/aromatic N) is 3. The van der Waals surface area contributed by atoms with Crippen LogP contribution in [0.5, 0.6) is 0 Å². The lowest BCUT2D eigenvalue weighted by Crippen LogP contribution is -2.09. The number of thioether (sulfide) groups is 1. The van der Waals surface area contributed by atoms with E-state index >= 15 is 0 Å². The van der Waals surface area contributed by atoms with Gasteiger partial charge in [0.15, 0.2) is 20.8 Å². The number of aromatic nitrogens is 3. The molecule has 3 rings (SSSR count). The van der Waals surface area contributed by atoms with Gasteiger partial charge in [0.25, 0.3) is 0 Å². The van der Waals surface area contributed by atoms with Crippen molar-refractivity contribution in [2.24, 2.45) is 0 Å². The number of rotatable bonds is 8. The first-order valence-electron chi connectivity index (χ1n) is 8.02. The summed E-state index contributed by atoms with van der Waals surface area (Å²) in [7, 11) is -3.31. The molecule has 0 saturated heterocycles. The van der Waals surface area contributed by atoms with Crippen molar-refractivity contribution >= 4 is 21.6 Å². The van der Waals surface area contributed by atoms with Gasteiger partial charge in [0.2, 0.25) is 0 Å². The smallest absolute Gasteiger partial charge is 0.191 e. The van der Waals surface area contributed by atoms with Gasteiger partial charge in [0.05, 0.1) is 22.5 Å². The van der Waals surface area contributed by atoms with E-state index in [9.17, 15) is 8.42 Å². The van der Waals surface area contributed by atoms with Crippen molar-refractivity contribution < 1.29 is 12.8 Å². The summed E-state index contributed by atoms with van der Waals surface area (Å²) in [6, 6.07) is 10.3. The minimum atomic E-state index is -3.31.